The summed E-state index contributed by atoms with van der Waals surface area (Å²) < 4.78 is 0. The first kappa shape index (κ1) is 15.4. The van der Waals surface area contributed by atoms with Gasteiger partial charge in [-0.1, -0.05) is 17.7 Å². The highest BCUT2D eigenvalue weighted by Gasteiger charge is 2.33. The van der Waals surface area contributed by atoms with Gasteiger partial charge in [0.1, 0.15) is 5.82 Å². The van der Waals surface area contributed by atoms with Crippen LogP contribution in [0.2, 0.25) is 0 Å². The lowest BCUT2D eigenvalue weighted by Gasteiger charge is -2.36. The topological polar surface area (TPSA) is 49.3 Å². The maximum absolute atomic E-state index is 12.9. The van der Waals surface area contributed by atoms with Crippen molar-refractivity contribution in [1.82, 2.24) is 14.9 Å². The van der Waals surface area contributed by atoms with E-state index in [1.807, 2.05) is 4.90 Å². The van der Waals surface area contributed by atoms with E-state index in [9.17, 15) is 4.79 Å². The summed E-state index contributed by atoms with van der Waals surface area (Å²) in [5, 5.41) is 0.0323. The number of hydrogen-bond donors (Lipinski definition) is 0. The molecule has 1 fully saturated rings. The molecule has 0 bridgehead atoms. The Bertz CT molecular complexity index is 744. The molecule has 1 aromatic carbocycles. The van der Waals surface area contributed by atoms with E-state index in [-0.39, 0.29) is 11.2 Å². The van der Waals surface area contributed by atoms with Crippen LogP contribution in [0.3, 0.4) is 0 Å². The van der Waals surface area contributed by atoms with Crippen molar-refractivity contribution < 1.29 is 4.79 Å². The van der Waals surface area contributed by atoms with Gasteiger partial charge in [-0.15, -0.1) is 11.8 Å². The Hall–Kier alpha value is -2.08. The number of aryl methyl sites for hydroxylation is 1. The SMILES string of the molecule is Cc1ccc2c(c1)S[C@@H](C(=O)N1CCN(c3cnccn3)CC1)C2. The number of amides is 1. The summed E-state index contributed by atoms with van der Waals surface area (Å²) in [4.78, 5) is 26.8. The average Bonchev–Trinajstić information content (AvgIpc) is 3.05. The first-order chi connectivity index (χ1) is 11.7. The average molecular weight is 340 g/mol. The summed E-state index contributed by atoms with van der Waals surface area (Å²) >= 11 is 1.72. The standard InChI is InChI=1S/C18H20N4OS/c1-13-2-3-14-11-16(24-15(14)10-13)18(23)22-8-6-21(7-9-22)17-12-19-4-5-20-17/h2-5,10,12,16H,6-9,11H2,1H3/t16-/m1/s1. The lowest BCUT2D eigenvalue weighted by Crippen LogP contribution is -2.51. The maximum Gasteiger partial charge on any atom is 0.236 e. The molecular weight excluding hydrogens is 320 g/mol. The van der Waals surface area contributed by atoms with Crippen LogP contribution in [-0.2, 0) is 11.2 Å². The molecule has 4 rings (SSSR count). The molecule has 1 atom stereocenters. The van der Waals surface area contributed by atoms with E-state index >= 15 is 0 Å². The zero-order valence-electron chi connectivity index (χ0n) is 13.7. The highest BCUT2D eigenvalue weighted by molar-refractivity contribution is 8.01. The molecule has 0 N–H and O–H groups in total. The number of rotatable bonds is 2. The molecule has 0 spiro atoms. The van der Waals surface area contributed by atoms with E-state index in [1.165, 1.54) is 16.0 Å². The molecule has 3 heterocycles. The number of aromatic nitrogens is 2. The lowest BCUT2D eigenvalue weighted by atomic mass is 10.1. The molecule has 2 aromatic rings. The van der Waals surface area contributed by atoms with E-state index in [0.717, 1.165) is 38.4 Å². The van der Waals surface area contributed by atoms with Crippen LogP contribution in [0.4, 0.5) is 5.82 Å². The second-order valence-electron chi connectivity index (χ2n) is 6.30. The molecular formula is C18H20N4OS. The second kappa shape index (κ2) is 6.43. The second-order valence-corrected chi connectivity index (χ2v) is 7.54. The summed E-state index contributed by atoms with van der Waals surface area (Å²) in [5.74, 6) is 1.16. The van der Waals surface area contributed by atoms with Crippen molar-refractivity contribution in [2.75, 3.05) is 31.1 Å². The predicted octanol–water partition coefficient (Wildman–Crippen LogP) is 2.15. The zero-order chi connectivity index (χ0) is 16.5. The molecule has 5 nitrogen and oxygen atoms in total. The van der Waals surface area contributed by atoms with Crippen molar-refractivity contribution in [3.63, 3.8) is 0 Å². The van der Waals surface area contributed by atoms with Gasteiger partial charge in [0.25, 0.3) is 0 Å². The number of carbonyl (C=O) groups excluding carboxylic acids is 1. The zero-order valence-corrected chi connectivity index (χ0v) is 14.5. The molecule has 0 radical (unpaired) electrons. The van der Waals surface area contributed by atoms with Gasteiger partial charge in [-0.25, -0.2) is 4.98 Å². The number of nitrogens with zero attached hydrogens (tertiary/aromatic N) is 4. The number of anilines is 1. The van der Waals surface area contributed by atoms with Gasteiger partial charge in [0.05, 0.1) is 11.4 Å². The Kier molecular flexibility index (Phi) is 4.14. The van der Waals surface area contributed by atoms with Crippen molar-refractivity contribution in [1.29, 1.82) is 0 Å². The Morgan fingerprint density at radius 1 is 1.21 bits per heavy atom. The predicted molar refractivity (Wildman–Crippen MR) is 95.4 cm³/mol. The number of carbonyl (C=O) groups is 1. The minimum Gasteiger partial charge on any atom is -0.352 e. The van der Waals surface area contributed by atoms with Crippen molar-refractivity contribution >= 4 is 23.5 Å². The van der Waals surface area contributed by atoms with Crippen LogP contribution in [0.5, 0.6) is 0 Å². The smallest absolute Gasteiger partial charge is 0.236 e. The van der Waals surface area contributed by atoms with Crippen molar-refractivity contribution in [3.05, 3.63) is 47.9 Å². The molecule has 1 aromatic heterocycles. The van der Waals surface area contributed by atoms with Crippen LogP contribution in [0.15, 0.2) is 41.7 Å². The first-order valence-electron chi connectivity index (χ1n) is 8.26. The van der Waals surface area contributed by atoms with Crippen LogP contribution in [0.1, 0.15) is 11.1 Å². The number of hydrogen-bond acceptors (Lipinski definition) is 5. The van der Waals surface area contributed by atoms with E-state index in [4.69, 9.17) is 0 Å². The fraction of sp³-hybridized carbons (Fsp3) is 0.389. The molecule has 0 saturated carbocycles. The van der Waals surface area contributed by atoms with Crippen LogP contribution in [-0.4, -0.2) is 52.2 Å². The largest absolute Gasteiger partial charge is 0.352 e. The highest BCUT2D eigenvalue weighted by Crippen LogP contribution is 2.38. The van der Waals surface area contributed by atoms with Crippen LogP contribution in [0, 0.1) is 6.92 Å². The Morgan fingerprint density at radius 3 is 2.79 bits per heavy atom. The Morgan fingerprint density at radius 2 is 2.04 bits per heavy atom. The van der Waals surface area contributed by atoms with Gasteiger partial charge in [-0.3, -0.25) is 9.78 Å². The molecule has 0 aliphatic carbocycles. The van der Waals surface area contributed by atoms with E-state index in [2.05, 4.69) is 40.0 Å². The third-order valence-electron chi connectivity index (χ3n) is 4.64. The van der Waals surface area contributed by atoms with Gasteiger partial charge >= 0.3 is 0 Å². The molecule has 6 heteroatoms. The van der Waals surface area contributed by atoms with Crippen molar-refractivity contribution in [2.24, 2.45) is 0 Å². The Labute approximate surface area is 146 Å². The van der Waals surface area contributed by atoms with Gasteiger partial charge in [-0.05, 0) is 25.0 Å². The minimum atomic E-state index is 0.0323. The van der Waals surface area contributed by atoms with Gasteiger partial charge in [0.15, 0.2) is 0 Å². The summed E-state index contributed by atoms with van der Waals surface area (Å²) in [6.45, 7) is 5.23. The van der Waals surface area contributed by atoms with Crippen LogP contribution >= 0.6 is 11.8 Å². The lowest BCUT2D eigenvalue weighted by molar-refractivity contribution is -0.130. The van der Waals surface area contributed by atoms with Crippen LogP contribution in [0.25, 0.3) is 0 Å². The quantitative estimate of drug-likeness (QED) is 0.838. The number of benzene rings is 1. The van der Waals surface area contributed by atoms with Gasteiger partial charge in [-0.2, -0.15) is 0 Å². The number of thioether (sulfide) groups is 1. The number of fused-ring (bicyclic) bond motifs is 1. The molecule has 1 saturated heterocycles. The fourth-order valence-electron chi connectivity index (χ4n) is 3.29. The summed E-state index contributed by atoms with van der Waals surface area (Å²) in [6, 6.07) is 6.49. The molecule has 1 amide bonds. The number of piperazine rings is 1. The first-order valence-corrected chi connectivity index (χ1v) is 9.14. The van der Waals surface area contributed by atoms with E-state index in [1.54, 1.807) is 30.4 Å². The van der Waals surface area contributed by atoms with Gasteiger partial charge in [0, 0.05) is 43.5 Å². The van der Waals surface area contributed by atoms with Gasteiger partial charge < -0.3 is 9.80 Å². The van der Waals surface area contributed by atoms with Crippen molar-refractivity contribution in [3.8, 4) is 0 Å². The summed E-state index contributed by atoms with van der Waals surface area (Å²) in [7, 11) is 0. The minimum absolute atomic E-state index is 0.0323. The molecule has 0 unspecified atom stereocenters. The van der Waals surface area contributed by atoms with Crippen LogP contribution < -0.4 is 4.90 Å². The summed E-state index contributed by atoms with van der Waals surface area (Å²) in [6.07, 6.45) is 6.02. The van der Waals surface area contributed by atoms with Crippen molar-refractivity contribution in [2.45, 2.75) is 23.5 Å². The van der Waals surface area contributed by atoms with Gasteiger partial charge in [0.2, 0.25) is 5.91 Å². The normalized spacial score (nSPS) is 20.1. The maximum atomic E-state index is 12.9. The third kappa shape index (κ3) is 2.98. The fourth-order valence-corrected chi connectivity index (χ4v) is 4.66. The highest BCUT2D eigenvalue weighted by atomic mass is 32.2. The molecule has 24 heavy (non-hydrogen) atoms. The van der Waals surface area contributed by atoms with E-state index < -0.39 is 0 Å². The molecule has 124 valence electrons. The Balaban J connectivity index is 1.37. The van der Waals surface area contributed by atoms with E-state index in [0.29, 0.717) is 0 Å². The third-order valence-corrected chi connectivity index (χ3v) is 5.92. The molecule has 2 aliphatic rings. The molecule has 2 aliphatic heterocycles. The summed E-state index contributed by atoms with van der Waals surface area (Å²) in [5.41, 5.74) is 2.56. The monoisotopic (exact) mass is 340 g/mol.